The van der Waals surface area contributed by atoms with Crippen LogP contribution in [0.4, 0.5) is 4.39 Å². The molecular formula is C22H21FN2O3S. The van der Waals surface area contributed by atoms with Gasteiger partial charge in [0, 0.05) is 6.54 Å². The fourth-order valence-electron chi connectivity index (χ4n) is 2.81. The van der Waals surface area contributed by atoms with Crippen LogP contribution in [0.25, 0.3) is 0 Å². The Labute approximate surface area is 169 Å². The second-order valence-corrected chi connectivity index (χ2v) is 8.23. The first-order chi connectivity index (χ1) is 13.9. The Balaban J connectivity index is 1.78. The molecule has 3 rings (SSSR count). The van der Waals surface area contributed by atoms with E-state index < -0.39 is 27.8 Å². The number of carbonyl (C=O) groups excluding carboxylic acids is 1. The zero-order valence-electron chi connectivity index (χ0n) is 15.6. The predicted molar refractivity (Wildman–Crippen MR) is 109 cm³/mol. The number of benzene rings is 3. The van der Waals surface area contributed by atoms with E-state index in [2.05, 4.69) is 10.0 Å². The molecule has 1 amide bonds. The van der Waals surface area contributed by atoms with Gasteiger partial charge in [-0.25, -0.2) is 12.8 Å². The molecule has 0 spiro atoms. The van der Waals surface area contributed by atoms with E-state index in [1.165, 1.54) is 12.1 Å². The van der Waals surface area contributed by atoms with Gasteiger partial charge < -0.3 is 5.32 Å². The van der Waals surface area contributed by atoms with Crippen LogP contribution in [0.1, 0.15) is 11.1 Å². The lowest BCUT2D eigenvalue weighted by Crippen LogP contribution is -2.47. The van der Waals surface area contributed by atoms with Crippen LogP contribution >= 0.6 is 0 Å². The molecule has 7 heteroatoms. The van der Waals surface area contributed by atoms with Crippen LogP contribution < -0.4 is 10.0 Å². The highest BCUT2D eigenvalue weighted by molar-refractivity contribution is 7.89. The lowest BCUT2D eigenvalue weighted by Gasteiger charge is -2.19. The van der Waals surface area contributed by atoms with E-state index in [9.17, 15) is 17.6 Å². The molecule has 0 aliphatic carbocycles. The minimum atomic E-state index is -4.00. The summed E-state index contributed by atoms with van der Waals surface area (Å²) in [5.74, 6) is -0.978. The molecule has 5 nitrogen and oxygen atoms in total. The molecule has 0 aliphatic heterocycles. The summed E-state index contributed by atoms with van der Waals surface area (Å²) in [6.07, 6.45) is 0.182. The fourth-order valence-corrected chi connectivity index (χ4v) is 4.01. The zero-order valence-corrected chi connectivity index (χ0v) is 16.4. The summed E-state index contributed by atoms with van der Waals surface area (Å²) in [4.78, 5) is 12.7. The van der Waals surface area contributed by atoms with Crippen molar-refractivity contribution in [3.05, 3.63) is 102 Å². The molecule has 0 saturated carbocycles. The molecule has 3 aromatic rings. The van der Waals surface area contributed by atoms with Gasteiger partial charge >= 0.3 is 0 Å². The molecule has 0 heterocycles. The molecule has 0 aromatic heterocycles. The van der Waals surface area contributed by atoms with Gasteiger partial charge in [0.15, 0.2) is 0 Å². The summed E-state index contributed by atoms with van der Waals surface area (Å²) in [5.41, 5.74) is 1.72. The van der Waals surface area contributed by atoms with Gasteiger partial charge in [-0.3, -0.25) is 4.79 Å². The number of carbonyl (C=O) groups is 1. The SMILES string of the molecule is O=C(NCc1ccccc1)[C@@H](Cc1ccccc1)NS(=O)(=O)c1ccc(F)cc1. The average Bonchev–Trinajstić information content (AvgIpc) is 2.73. The topological polar surface area (TPSA) is 75.3 Å². The van der Waals surface area contributed by atoms with Crippen LogP contribution in [-0.4, -0.2) is 20.4 Å². The van der Waals surface area contributed by atoms with Crippen molar-refractivity contribution in [3.63, 3.8) is 0 Å². The van der Waals surface area contributed by atoms with Gasteiger partial charge in [0.05, 0.1) is 4.90 Å². The van der Waals surface area contributed by atoms with Crippen molar-refractivity contribution in [2.24, 2.45) is 0 Å². The van der Waals surface area contributed by atoms with Crippen molar-refractivity contribution in [2.75, 3.05) is 0 Å². The molecule has 0 unspecified atom stereocenters. The van der Waals surface area contributed by atoms with Crippen molar-refractivity contribution in [2.45, 2.75) is 23.9 Å². The summed E-state index contributed by atoms with van der Waals surface area (Å²) in [6.45, 7) is 0.281. The van der Waals surface area contributed by atoms with E-state index in [0.29, 0.717) is 0 Å². The Morgan fingerprint density at radius 3 is 1.97 bits per heavy atom. The first kappa shape index (κ1) is 20.7. The lowest BCUT2D eigenvalue weighted by molar-refractivity contribution is -0.122. The van der Waals surface area contributed by atoms with Crippen molar-refractivity contribution in [1.29, 1.82) is 0 Å². The molecule has 3 aromatic carbocycles. The molecule has 150 valence electrons. The zero-order chi connectivity index (χ0) is 20.7. The molecular weight excluding hydrogens is 391 g/mol. The second-order valence-electron chi connectivity index (χ2n) is 6.52. The standard InChI is InChI=1S/C22H21FN2O3S/c23-19-11-13-20(14-12-19)29(27,28)25-21(15-17-7-3-1-4-8-17)22(26)24-16-18-9-5-2-6-10-18/h1-14,21,25H,15-16H2,(H,24,26)/t21-/m1/s1. The third kappa shape index (κ3) is 5.97. The lowest BCUT2D eigenvalue weighted by atomic mass is 10.1. The van der Waals surface area contributed by atoms with Crippen molar-refractivity contribution in [1.82, 2.24) is 10.0 Å². The number of nitrogens with one attached hydrogen (secondary N) is 2. The second kappa shape index (κ2) is 9.45. The average molecular weight is 412 g/mol. The number of hydrogen-bond donors (Lipinski definition) is 2. The summed E-state index contributed by atoms with van der Waals surface area (Å²) in [5, 5.41) is 2.78. The van der Waals surface area contributed by atoms with E-state index in [1.807, 2.05) is 60.7 Å². The smallest absolute Gasteiger partial charge is 0.241 e. The fraction of sp³-hybridized carbons (Fsp3) is 0.136. The Bertz CT molecular complexity index is 1040. The monoisotopic (exact) mass is 412 g/mol. The molecule has 29 heavy (non-hydrogen) atoms. The minimum absolute atomic E-state index is 0.104. The maximum absolute atomic E-state index is 13.1. The van der Waals surface area contributed by atoms with Crippen molar-refractivity contribution in [3.8, 4) is 0 Å². The number of halogens is 1. The Morgan fingerprint density at radius 1 is 0.828 bits per heavy atom. The Kier molecular flexibility index (Phi) is 6.74. The van der Waals surface area contributed by atoms with Crippen LogP contribution in [0.3, 0.4) is 0 Å². The first-order valence-electron chi connectivity index (χ1n) is 9.07. The van der Waals surface area contributed by atoms with Gasteiger partial charge in [0.2, 0.25) is 15.9 Å². The Hall–Kier alpha value is -3.03. The van der Waals surface area contributed by atoms with Crippen molar-refractivity contribution < 1.29 is 17.6 Å². The van der Waals surface area contributed by atoms with Gasteiger partial charge in [0.25, 0.3) is 0 Å². The van der Waals surface area contributed by atoms with Crippen LogP contribution in [0.2, 0.25) is 0 Å². The van der Waals surface area contributed by atoms with E-state index in [-0.39, 0.29) is 17.9 Å². The van der Waals surface area contributed by atoms with Gasteiger partial charge in [-0.15, -0.1) is 0 Å². The third-order valence-electron chi connectivity index (χ3n) is 4.33. The third-order valence-corrected chi connectivity index (χ3v) is 5.82. The molecule has 2 N–H and O–H groups in total. The number of sulfonamides is 1. The van der Waals surface area contributed by atoms with Crippen LogP contribution in [0.5, 0.6) is 0 Å². The summed E-state index contributed by atoms with van der Waals surface area (Å²) in [6, 6.07) is 21.9. The van der Waals surface area contributed by atoms with Crippen LogP contribution in [0, 0.1) is 5.82 Å². The predicted octanol–water partition coefficient (Wildman–Crippen LogP) is 3.03. The van der Waals surface area contributed by atoms with E-state index in [4.69, 9.17) is 0 Å². The molecule has 0 radical (unpaired) electrons. The minimum Gasteiger partial charge on any atom is -0.351 e. The summed E-state index contributed by atoms with van der Waals surface area (Å²) >= 11 is 0. The largest absolute Gasteiger partial charge is 0.351 e. The van der Waals surface area contributed by atoms with E-state index >= 15 is 0 Å². The maximum Gasteiger partial charge on any atom is 0.241 e. The highest BCUT2D eigenvalue weighted by atomic mass is 32.2. The molecule has 0 aliphatic rings. The first-order valence-corrected chi connectivity index (χ1v) is 10.6. The highest BCUT2D eigenvalue weighted by Gasteiger charge is 2.26. The van der Waals surface area contributed by atoms with Crippen LogP contribution in [-0.2, 0) is 27.8 Å². The maximum atomic E-state index is 13.1. The quantitative estimate of drug-likeness (QED) is 0.597. The van der Waals surface area contributed by atoms with Crippen LogP contribution in [0.15, 0.2) is 89.8 Å². The molecule has 0 bridgehead atoms. The normalized spacial score (nSPS) is 12.3. The van der Waals surface area contributed by atoms with Gasteiger partial charge in [0.1, 0.15) is 11.9 Å². The number of amides is 1. The Morgan fingerprint density at radius 2 is 1.38 bits per heavy atom. The highest BCUT2D eigenvalue weighted by Crippen LogP contribution is 2.12. The number of hydrogen-bond acceptors (Lipinski definition) is 3. The van der Waals surface area contributed by atoms with Gasteiger partial charge in [-0.1, -0.05) is 60.7 Å². The molecule has 1 atom stereocenters. The van der Waals surface area contributed by atoms with Gasteiger partial charge in [-0.05, 0) is 41.8 Å². The number of rotatable bonds is 8. The summed E-state index contributed by atoms with van der Waals surface area (Å²) < 4.78 is 41.0. The molecule has 0 fully saturated rings. The van der Waals surface area contributed by atoms with Gasteiger partial charge in [-0.2, -0.15) is 4.72 Å². The van der Waals surface area contributed by atoms with Crippen molar-refractivity contribution >= 4 is 15.9 Å². The molecule has 0 saturated heterocycles. The van der Waals surface area contributed by atoms with E-state index in [1.54, 1.807) is 0 Å². The summed E-state index contributed by atoms with van der Waals surface area (Å²) in [7, 11) is -4.00. The van der Waals surface area contributed by atoms with E-state index in [0.717, 1.165) is 23.3 Å².